The number of nitrogens with one attached hydrogen (secondary N) is 2. The van der Waals surface area contributed by atoms with E-state index in [1.165, 1.54) is 0 Å². The van der Waals surface area contributed by atoms with E-state index in [2.05, 4.69) is 10.6 Å². The number of amides is 2. The minimum Gasteiger partial charge on any atom is -0.480 e. The van der Waals surface area contributed by atoms with Gasteiger partial charge in [-0.15, -0.1) is 0 Å². The molecule has 0 spiro atoms. The Balaban J connectivity index is 2.59. The maximum absolute atomic E-state index is 11.6. The molecule has 3 N–H and O–H groups in total. The third-order valence-electron chi connectivity index (χ3n) is 2.65. The molecular formula is C13H19N3O3. The highest BCUT2D eigenvalue weighted by molar-refractivity contribution is 5.92. The molecule has 1 aromatic rings. The largest absolute Gasteiger partial charge is 0.480 e. The number of urea groups is 1. The number of aliphatic carboxylic acids is 1. The monoisotopic (exact) mass is 265 g/mol. The summed E-state index contributed by atoms with van der Waals surface area (Å²) in [5.74, 6) is -1.04. The van der Waals surface area contributed by atoms with Gasteiger partial charge in [0.1, 0.15) is 6.04 Å². The van der Waals surface area contributed by atoms with Gasteiger partial charge >= 0.3 is 12.0 Å². The Morgan fingerprint density at radius 1 is 1.26 bits per heavy atom. The first-order chi connectivity index (χ1) is 8.93. The van der Waals surface area contributed by atoms with E-state index in [0.717, 1.165) is 5.69 Å². The number of benzene rings is 1. The van der Waals surface area contributed by atoms with Crippen LogP contribution in [0, 0.1) is 0 Å². The van der Waals surface area contributed by atoms with Gasteiger partial charge in [-0.05, 0) is 30.7 Å². The van der Waals surface area contributed by atoms with Gasteiger partial charge in [-0.1, -0.05) is 6.92 Å². The first-order valence-corrected chi connectivity index (χ1v) is 6.01. The van der Waals surface area contributed by atoms with Crippen LogP contribution in [0.25, 0.3) is 0 Å². The Labute approximate surface area is 112 Å². The zero-order valence-corrected chi connectivity index (χ0v) is 11.3. The molecule has 2 amide bonds. The highest BCUT2D eigenvalue weighted by atomic mass is 16.4. The average Bonchev–Trinajstić information content (AvgIpc) is 2.36. The van der Waals surface area contributed by atoms with Gasteiger partial charge in [0.25, 0.3) is 0 Å². The minimum atomic E-state index is -1.04. The number of carboxylic acids is 1. The number of anilines is 2. The zero-order chi connectivity index (χ0) is 14.4. The van der Waals surface area contributed by atoms with Crippen molar-refractivity contribution in [3.05, 3.63) is 24.3 Å². The van der Waals surface area contributed by atoms with Crippen LogP contribution in [0.1, 0.15) is 13.3 Å². The molecule has 0 aliphatic heterocycles. The van der Waals surface area contributed by atoms with Crippen LogP contribution < -0.4 is 15.5 Å². The van der Waals surface area contributed by atoms with Crippen molar-refractivity contribution >= 4 is 23.4 Å². The molecule has 1 unspecified atom stereocenters. The quantitative estimate of drug-likeness (QED) is 0.757. The smallest absolute Gasteiger partial charge is 0.326 e. The van der Waals surface area contributed by atoms with E-state index >= 15 is 0 Å². The van der Waals surface area contributed by atoms with Crippen LogP contribution in [0.3, 0.4) is 0 Å². The molecular weight excluding hydrogens is 246 g/mol. The molecule has 0 aliphatic carbocycles. The molecule has 0 heterocycles. The normalized spacial score (nSPS) is 11.5. The van der Waals surface area contributed by atoms with E-state index in [0.29, 0.717) is 12.1 Å². The van der Waals surface area contributed by atoms with Crippen molar-refractivity contribution in [2.75, 3.05) is 24.3 Å². The predicted octanol–water partition coefficient (Wildman–Crippen LogP) is 1.74. The van der Waals surface area contributed by atoms with Gasteiger partial charge in [0.05, 0.1) is 0 Å². The molecule has 1 rings (SSSR count). The summed E-state index contributed by atoms with van der Waals surface area (Å²) in [7, 11) is 3.85. The molecule has 0 fully saturated rings. The minimum absolute atomic E-state index is 0.336. The second-order valence-corrected chi connectivity index (χ2v) is 4.34. The zero-order valence-electron chi connectivity index (χ0n) is 11.3. The van der Waals surface area contributed by atoms with Gasteiger partial charge in [-0.3, -0.25) is 0 Å². The van der Waals surface area contributed by atoms with Crippen molar-refractivity contribution in [2.24, 2.45) is 0 Å². The van der Waals surface area contributed by atoms with Gasteiger partial charge in [-0.2, -0.15) is 0 Å². The maximum atomic E-state index is 11.6. The summed E-state index contributed by atoms with van der Waals surface area (Å²) in [6, 6.07) is 5.86. The van der Waals surface area contributed by atoms with Gasteiger partial charge < -0.3 is 20.6 Å². The predicted molar refractivity (Wildman–Crippen MR) is 74.6 cm³/mol. The van der Waals surface area contributed by atoms with E-state index in [-0.39, 0.29) is 0 Å². The molecule has 0 aliphatic rings. The molecule has 0 bridgehead atoms. The Bertz CT molecular complexity index is 443. The fraction of sp³-hybridized carbons (Fsp3) is 0.385. The Morgan fingerprint density at radius 3 is 2.26 bits per heavy atom. The van der Waals surface area contributed by atoms with Crippen LogP contribution >= 0.6 is 0 Å². The molecule has 1 aromatic carbocycles. The molecule has 104 valence electrons. The fourth-order valence-corrected chi connectivity index (χ4v) is 1.51. The number of carboxylic acid groups (broad SMARTS) is 1. The number of hydrogen-bond acceptors (Lipinski definition) is 3. The molecule has 19 heavy (non-hydrogen) atoms. The molecule has 0 aromatic heterocycles. The first-order valence-electron chi connectivity index (χ1n) is 6.01. The van der Waals surface area contributed by atoms with E-state index in [1.54, 1.807) is 19.1 Å². The van der Waals surface area contributed by atoms with E-state index < -0.39 is 18.0 Å². The average molecular weight is 265 g/mol. The van der Waals surface area contributed by atoms with Crippen LogP contribution in [0.5, 0.6) is 0 Å². The summed E-state index contributed by atoms with van der Waals surface area (Å²) in [5.41, 5.74) is 1.63. The Kier molecular flexibility index (Phi) is 5.17. The topological polar surface area (TPSA) is 81.7 Å². The van der Waals surface area contributed by atoms with Crippen LogP contribution in [0.15, 0.2) is 24.3 Å². The SMILES string of the molecule is CCC(NC(=O)Nc1ccc(N(C)C)cc1)C(=O)O. The number of carbonyl (C=O) groups is 2. The number of hydrogen-bond donors (Lipinski definition) is 3. The van der Waals surface area contributed by atoms with Crippen molar-refractivity contribution < 1.29 is 14.7 Å². The number of rotatable bonds is 5. The molecule has 0 saturated carbocycles. The fourth-order valence-electron chi connectivity index (χ4n) is 1.51. The van der Waals surface area contributed by atoms with Crippen LogP contribution in [0.2, 0.25) is 0 Å². The third kappa shape index (κ3) is 4.50. The van der Waals surface area contributed by atoms with Crippen molar-refractivity contribution in [3.8, 4) is 0 Å². The summed E-state index contributed by atoms with van der Waals surface area (Å²) in [5, 5.41) is 13.8. The lowest BCUT2D eigenvalue weighted by Crippen LogP contribution is -2.42. The maximum Gasteiger partial charge on any atom is 0.326 e. The Morgan fingerprint density at radius 2 is 1.84 bits per heavy atom. The van der Waals surface area contributed by atoms with Gasteiger partial charge in [0.2, 0.25) is 0 Å². The van der Waals surface area contributed by atoms with Gasteiger partial charge in [0.15, 0.2) is 0 Å². The van der Waals surface area contributed by atoms with Crippen LogP contribution in [0.4, 0.5) is 16.2 Å². The molecule has 0 radical (unpaired) electrons. The molecule has 6 heteroatoms. The van der Waals surface area contributed by atoms with Crippen molar-refractivity contribution in [2.45, 2.75) is 19.4 Å². The second-order valence-electron chi connectivity index (χ2n) is 4.34. The summed E-state index contributed by atoms with van der Waals surface area (Å²) in [6.07, 6.45) is 0.336. The number of carbonyl (C=O) groups excluding carboxylic acids is 1. The first kappa shape index (κ1) is 14.8. The van der Waals surface area contributed by atoms with E-state index in [1.807, 2.05) is 31.1 Å². The molecule has 1 atom stereocenters. The van der Waals surface area contributed by atoms with Crippen molar-refractivity contribution in [1.29, 1.82) is 0 Å². The van der Waals surface area contributed by atoms with Crippen LogP contribution in [-0.4, -0.2) is 37.2 Å². The standard InChI is InChI=1S/C13H19N3O3/c1-4-11(12(17)18)15-13(19)14-9-5-7-10(8-6-9)16(2)3/h5-8,11H,4H2,1-3H3,(H,17,18)(H2,14,15,19). The molecule has 6 nitrogen and oxygen atoms in total. The highest BCUT2D eigenvalue weighted by Gasteiger charge is 2.17. The third-order valence-corrected chi connectivity index (χ3v) is 2.65. The number of nitrogens with zero attached hydrogens (tertiary/aromatic N) is 1. The van der Waals surface area contributed by atoms with Crippen LogP contribution in [-0.2, 0) is 4.79 Å². The summed E-state index contributed by atoms with van der Waals surface area (Å²) < 4.78 is 0. The lowest BCUT2D eigenvalue weighted by Gasteiger charge is -2.15. The summed E-state index contributed by atoms with van der Waals surface area (Å²) >= 11 is 0. The van der Waals surface area contributed by atoms with E-state index in [9.17, 15) is 9.59 Å². The van der Waals surface area contributed by atoms with Gasteiger partial charge in [-0.25, -0.2) is 9.59 Å². The summed E-state index contributed by atoms with van der Waals surface area (Å²) in [6.45, 7) is 1.70. The van der Waals surface area contributed by atoms with Gasteiger partial charge in [0, 0.05) is 25.5 Å². The highest BCUT2D eigenvalue weighted by Crippen LogP contribution is 2.15. The van der Waals surface area contributed by atoms with Crippen molar-refractivity contribution in [3.63, 3.8) is 0 Å². The second kappa shape index (κ2) is 6.63. The van der Waals surface area contributed by atoms with E-state index in [4.69, 9.17) is 5.11 Å². The summed E-state index contributed by atoms with van der Waals surface area (Å²) in [4.78, 5) is 24.3. The molecule has 0 saturated heterocycles. The Hall–Kier alpha value is -2.24. The lowest BCUT2D eigenvalue weighted by molar-refractivity contribution is -0.139. The lowest BCUT2D eigenvalue weighted by atomic mass is 10.2. The van der Waals surface area contributed by atoms with Crippen molar-refractivity contribution in [1.82, 2.24) is 5.32 Å².